The van der Waals surface area contributed by atoms with E-state index >= 15 is 0 Å². The van der Waals surface area contributed by atoms with Gasteiger partial charge in [0.15, 0.2) is 0 Å². The van der Waals surface area contributed by atoms with Crippen molar-refractivity contribution in [2.45, 2.75) is 205 Å². The highest BCUT2D eigenvalue weighted by Gasteiger charge is 2.28. The molecule has 4 atom stereocenters. The summed E-state index contributed by atoms with van der Waals surface area (Å²) < 4.78 is 0. The van der Waals surface area contributed by atoms with Crippen LogP contribution in [-0.2, 0) is 4.79 Å². The second-order valence-corrected chi connectivity index (χ2v) is 13.3. The van der Waals surface area contributed by atoms with E-state index in [9.17, 15) is 25.2 Å². The summed E-state index contributed by atoms with van der Waals surface area (Å²) in [6.45, 7) is 3.99. The van der Waals surface area contributed by atoms with Gasteiger partial charge in [0.2, 0.25) is 5.91 Å². The number of allylic oxidation sites excluding steroid dienone is 6. The zero-order chi connectivity index (χ0) is 33.9. The van der Waals surface area contributed by atoms with Crippen LogP contribution in [-0.4, -0.2) is 57.3 Å². The Hall–Kier alpha value is -1.47. The van der Waals surface area contributed by atoms with Crippen LogP contribution >= 0.6 is 0 Å². The molecule has 0 aromatic rings. The minimum atomic E-state index is -1.29. The van der Waals surface area contributed by atoms with Crippen LogP contribution in [0, 0.1) is 0 Å². The Bertz CT molecular complexity index is 737. The van der Waals surface area contributed by atoms with E-state index in [4.69, 9.17) is 0 Å². The maximum absolute atomic E-state index is 12.4. The zero-order valence-corrected chi connectivity index (χ0v) is 30.1. The maximum Gasteiger partial charge on any atom is 0.249 e. The highest BCUT2D eigenvalue weighted by atomic mass is 16.3. The highest BCUT2D eigenvalue weighted by molar-refractivity contribution is 5.80. The molecule has 0 rings (SSSR count). The van der Waals surface area contributed by atoms with Gasteiger partial charge in [-0.2, -0.15) is 0 Å². The van der Waals surface area contributed by atoms with Crippen molar-refractivity contribution in [2.75, 3.05) is 6.61 Å². The molecule has 0 aliphatic rings. The molecule has 0 aliphatic heterocycles. The molecular formula is C40H75NO5. The highest BCUT2D eigenvalue weighted by Crippen LogP contribution is 2.14. The number of rotatable bonds is 34. The Morgan fingerprint density at radius 3 is 1.37 bits per heavy atom. The summed E-state index contributed by atoms with van der Waals surface area (Å²) in [5.41, 5.74) is 0. The quantitative estimate of drug-likeness (QED) is 0.0352. The summed E-state index contributed by atoms with van der Waals surface area (Å²) in [7, 11) is 0. The van der Waals surface area contributed by atoms with Gasteiger partial charge in [0.1, 0.15) is 12.2 Å². The van der Waals surface area contributed by atoms with Crippen LogP contribution in [0.4, 0.5) is 0 Å². The van der Waals surface area contributed by atoms with Gasteiger partial charge >= 0.3 is 0 Å². The average molecular weight is 650 g/mol. The van der Waals surface area contributed by atoms with Gasteiger partial charge in [-0.05, 0) is 64.2 Å². The minimum absolute atomic E-state index is 0.359. The Morgan fingerprint density at radius 1 is 0.522 bits per heavy atom. The molecule has 0 bridgehead atoms. The standard InChI is InChI=1S/C40H75NO5/c1-3-5-7-9-11-13-15-16-17-18-19-20-21-22-23-24-26-27-29-31-33-37(43)39(45)36(35-42)41-40(46)38(44)34-32-30-28-25-14-12-10-8-6-4-2/h17-18,21-22,26-27,36-39,42-45H,3-16,19-20,23-25,28-35H2,1-2H3,(H,41,46)/b18-17+,22-21+,27-26+. The predicted molar refractivity (Wildman–Crippen MR) is 196 cm³/mol. The van der Waals surface area contributed by atoms with Crippen molar-refractivity contribution in [1.29, 1.82) is 0 Å². The second-order valence-electron chi connectivity index (χ2n) is 13.3. The minimum Gasteiger partial charge on any atom is -0.394 e. The van der Waals surface area contributed by atoms with E-state index in [1.54, 1.807) is 0 Å². The third-order valence-corrected chi connectivity index (χ3v) is 8.81. The topological polar surface area (TPSA) is 110 Å². The van der Waals surface area contributed by atoms with Crippen molar-refractivity contribution < 1.29 is 25.2 Å². The summed E-state index contributed by atoms with van der Waals surface area (Å²) in [6, 6.07) is -1.01. The number of carbonyl (C=O) groups is 1. The third kappa shape index (κ3) is 28.7. The molecule has 46 heavy (non-hydrogen) atoms. The molecule has 0 saturated heterocycles. The van der Waals surface area contributed by atoms with Gasteiger partial charge in [0.25, 0.3) is 0 Å². The summed E-state index contributed by atoms with van der Waals surface area (Å²) in [6.07, 6.45) is 38.9. The lowest BCUT2D eigenvalue weighted by Gasteiger charge is -2.27. The first-order valence-electron chi connectivity index (χ1n) is 19.4. The first-order valence-corrected chi connectivity index (χ1v) is 19.4. The SMILES string of the molecule is CCCCCCCCC/C=C/CC/C=C/CC/C=C/CCCC(O)C(O)C(CO)NC(=O)C(O)CCCCCCCCCCCC. The summed E-state index contributed by atoms with van der Waals surface area (Å²) in [4.78, 5) is 12.4. The lowest BCUT2D eigenvalue weighted by molar-refractivity contribution is -0.132. The van der Waals surface area contributed by atoms with Crippen LogP contribution < -0.4 is 5.32 Å². The van der Waals surface area contributed by atoms with Crippen molar-refractivity contribution >= 4 is 5.91 Å². The molecule has 6 nitrogen and oxygen atoms in total. The van der Waals surface area contributed by atoms with Gasteiger partial charge in [-0.3, -0.25) is 4.79 Å². The fraction of sp³-hybridized carbons (Fsp3) is 0.825. The van der Waals surface area contributed by atoms with Crippen LogP contribution in [0.3, 0.4) is 0 Å². The summed E-state index contributed by atoms with van der Waals surface area (Å²) in [5, 5.41) is 43.4. The smallest absolute Gasteiger partial charge is 0.249 e. The zero-order valence-electron chi connectivity index (χ0n) is 30.1. The molecule has 0 aromatic heterocycles. The van der Waals surface area contributed by atoms with Crippen molar-refractivity contribution in [2.24, 2.45) is 0 Å². The number of hydrogen-bond donors (Lipinski definition) is 5. The van der Waals surface area contributed by atoms with Crippen LogP contribution in [0.25, 0.3) is 0 Å². The van der Waals surface area contributed by atoms with E-state index in [0.717, 1.165) is 51.4 Å². The van der Waals surface area contributed by atoms with Gasteiger partial charge in [-0.1, -0.05) is 153 Å². The first kappa shape index (κ1) is 44.5. The molecule has 1 amide bonds. The number of amides is 1. The van der Waals surface area contributed by atoms with E-state index in [2.05, 4.69) is 55.6 Å². The molecule has 270 valence electrons. The van der Waals surface area contributed by atoms with Crippen molar-refractivity contribution in [3.63, 3.8) is 0 Å². The molecule has 6 heteroatoms. The number of aliphatic hydroxyl groups excluding tert-OH is 4. The first-order chi connectivity index (χ1) is 22.5. The molecule has 0 aromatic carbocycles. The number of aliphatic hydroxyl groups is 4. The van der Waals surface area contributed by atoms with Gasteiger partial charge in [0.05, 0.1) is 18.8 Å². The van der Waals surface area contributed by atoms with E-state index in [1.807, 2.05) is 0 Å². The van der Waals surface area contributed by atoms with Crippen molar-refractivity contribution in [1.82, 2.24) is 5.32 Å². The van der Waals surface area contributed by atoms with Crippen LogP contribution in [0.5, 0.6) is 0 Å². The number of nitrogens with one attached hydrogen (secondary N) is 1. The lowest BCUT2D eigenvalue weighted by Crippen LogP contribution is -2.53. The largest absolute Gasteiger partial charge is 0.394 e. The molecular weight excluding hydrogens is 574 g/mol. The Balaban J connectivity index is 3.88. The van der Waals surface area contributed by atoms with Crippen LogP contribution in [0.15, 0.2) is 36.5 Å². The summed E-state index contributed by atoms with van der Waals surface area (Å²) >= 11 is 0. The summed E-state index contributed by atoms with van der Waals surface area (Å²) in [5.74, 6) is -0.603. The predicted octanol–water partition coefficient (Wildman–Crippen LogP) is 9.40. The van der Waals surface area contributed by atoms with Crippen molar-refractivity contribution in [3.8, 4) is 0 Å². The van der Waals surface area contributed by atoms with E-state index in [0.29, 0.717) is 19.3 Å². The van der Waals surface area contributed by atoms with E-state index in [-0.39, 0.29) is 0 Å². The number of carbonyl (C=O) groups excluding carboxylic acids is 1. The monoisotopic (exact) mass is 650 g/mol. The molecule has 0 fully saturated rings. The fourth-order valence-corrected chi connectivity index (χ4v) is 5.67. The Labute approximate surface area is 284 Å². The second kappa shape index (κ2) is 34.9. The molecule has 5 N–H and O–H groups in total. The van der Waals surface area contributed by atoms with Gasteiger partial charge in [-0.25, -0.2) is 0 Å². The van der Waals surface area contributed by atoms with E-state index in [1.165, 1.54) is 96.3 Å². The lowest BCUT2D eigenvalue weighted by atomic mass is 10.00. The molecule has 0 saturated carbocycles. The van der Waals surface area contributed by atoms with E-state index < -0.39 is 36.9 Å². The van der Waals surface area contributed by atoms with Crippen molar-refractivity contribution in [3.05, 3.63) is 36.5 Å². The van der Waals surface area contributed by atoms with Gasteiger partial charge < -0.3 is 25.7 Å². The molecule has 0 heterocycles. The van der Waals surface area contributed by atoms with Gasteiger partial charge in [0, 0.05) is 0 Å². The average Bonchev–Trinajstić information content (AvgIpc) is 3.06. The normalized spacial score (nSPS) is 14.8. The molecule has 0 radical (unpaired) electrons. The molecule has 0 aliphatic carbocycles. The Kier molecular flexibility index (Phi) is 33.7. The Morgan fingerprint density at radius 2 is 0.913 bits per heavy atom. The molecule has 0 spiro atoms. The number of hydrogen-bond acceptors (Lipinski definition) is 5. The van der Waals surface area contributed by atoms with Crippen LogP contribution in [0.1, 0.15) is 181 Å². The maximum atomic E-state index is 12.4. The number of unbranched alkanes of at least 4 members (excludes halogenated alkanes) is 19. The van der Waals surface area contributed by atoms with Gasteiger partial charge in [-0.15, -0.1) is 0 Å². The fourth-order valence-electron chi connectivity index (χ4n) is 5.67. The third-order valence-electron chi connectivity index (χ3n) is 8.81. The van der Waals surface area contributed by atoms with Crippen LogP contribution in [0.2, 0.25) is 0 Å². The molecule has 4 unspecified atom stereocenters.